The van der Waals surface area contributed by atoms with Crippen molar-refractivity contribution in [3.8, 4) is 5.75 Å². The maximum Gasteiger partial charge on any atom is 0.193 e. The number of hydrogen-bond acceptors (Lipinski definition) is 3. The van der Waals surface area contributed by atoms with E-state index >= 15 is 0 Å². The molecule has 1 saturated heterocycles. The van der Waals surface area contributed by atoms with Gasteiger partial charge in [0.1, 0.15) is 5.75 Å². The molecule has 1 N–H and O–H groups in total. The molecule has 0 saturated carbocycles. The van der Waals surface area contributed by atoms with Crippen molar-refractivity contribution in [2.24, 2.45) is 4.99 Å². The highest BCUT2D eigenvalue weighted by Gasteiger charge is 2.21. The summed E-state index contributed by atoms with van der Waals surface area (Å²) >= 11 is 2.07. The molecule has 1 unspecified atom stereocenters. The molecule has 22 heavy (non-hydrogen) atoms. The maximum atomic E-state index is 5.26. The molecule has 0 bridgehead atoms. The smallest absolute Gasteiger partial charge is 0.193 e. The van der Waals surface area contributed by atoms with E-state index in [0.29, 0.717) is 5.25 Å². The van der Waals surface area contributed by atoms with Crippen LogP contribution >= 0.6 is 35.7 Å². The topological polar surface area (TPSA) is 36.9 Å². The fraction of sp³-hybridized carbons (Fsp3) is 0.562. The molecule has 6 heteroatoms. The van der Waals surface area contributed by atoms with E-state index in [9.17, 15) is 0 Å². The summed E-state index contributed by atoms with van der Waals surface area (Å²) in [4.78, 5) is 6.79. The van der Waals surface area contributed by atoms with Crippen molar-refractivity contribution < 1.29 is 4.74 Å². The van der Waals surface area contributed by atoms with E-state index in [-0.39, 0.29) is 24.0 Å². The van der Waals surface area contributed by atoms with Crippen LogP contribution in [0.4, 0.5) is 0 Å². The first-order chi connectivity index (χ1) is 10.3. The zero-order valence-corrected chi connectivity index (χ0v) is 16.7. The van der Waals surface area contributed by atoms with Crippen molar-refractivity contribution >= 4 is 41.7 Å². The molecule has 0 aliphatic carbocycles. The number of nitrogens with one attached hydrogen (secondary N) is 1. The second kappa shape index (κ2) is 10.2. The van der Waals surface area contributed by atoms with E-state index in [1.807, 2.05) is 19.2 Å². The molecular weight excluding hydrogens is 409 g/mol. The average Bonchev–Trinajstić information content (AvgIpc) is 2.56. The lowest BCUT2D eigenvalue weighted by Crippen LogP contribution is -2.47. The van der Waals surface area contributed by atoms with Crippen LogP contribution in [0.25, 0.3) is 0 Å². The van der Waals surface area contributed by atoms with E-state index in [2.05, 4.69) is 46.0 Å². The Bertz CT molecular complexity index is 484. The predicted molar refractivity (Wildman–Crippen MR) is 107 cm³/mol. The number of ether oxygens (including phenoxy) is 1. The number of rotatable bonds is 4. The van der Waals surface area contributed by atoms with Crippen molar-refractivity contribution in [3.63, 3.8) is 0 Å². The Kier molecular flexibility index (Phi) is 9.00. The maximum absolute atomic E-state index is 5.26. The van der Waals surface area contributed by atoms with Gasteiger partial charge in [-0.15, -0.1) is 24.0 Å². The summed E-state index contributed by atoms with van der Waals surface area (Å²) in [5.41, 5.74) is 1.20. The van der Waals surface area contributed by atoms with Gasteiger partial charge in [0.2, 0.25) is 0 Å². The third-order valence-corrected chi connectivity index (χ3v) is 5.06. The highest BCUT2D eigenvalue weighted by atomic mass is 127. The summed E-state index contributed by atoms with van der Waals surface area (Å²) in [7, 11) is 3.55. The Balaban J connectivity index is 0.00000242. The molecule has 124 valence electrons. The Morgan fingerprint density at radius 3 is 3.00 bits per heavy atom. The Morgan fingerprint density at radius 1 is 1.50 bits per heavy atom. The number of guanidine groups is 1. The molecular formula is C16H26IN3OS. The van der Waals surface area contributed by atoms with Gasteiger partial charge in [-0.2, -0.15) is 11.8 Å². The minimum absolute atomic E-state index is 0. The van der Waals surface area contributed by atoms with Crippen LogP contribution in [-0.4, -0.2) is 49.1 Å². The third kappa shape index (κ3) is 5.53. The summed E-state index contributed by atoms with van der Waals surface area (Å²) in [6.07, 6.45) is 1.22. The molecule has 0 radical (unpaired) electrons. The fourth-order valence-corrected chi connectivity index (χ4v) is 3.63. The number of halogens is 1. The Morgan fingerprint density at radius 2 is 2.32 bits per heavy atom. The normalized spacial score (nSPS) is 18.6. The van der Waals surface area contributed by atoms with Crippen LogP contribution in [-0.2, 0) is 6.54 Å². The zero-order chi connectivity index (χ0) is 15.1. The van der Waals surface area contributed by atoms with Crippen LogP contribution in [0.3, 0.4) is 0 Å². The Labute approximate surface area is 155 Å². The summed E-state index contributed by atoms with van der Waals surface area (Å²) in [5, 5.41) is 4.18. The van der Waals surface area contributed by atoms with Crippen molar-refractivity contribution in [2.75, 3.05) is 33.0 Å². The standard InChI is InChI=1S/C16H25N3OS.HI/c1-4-15-12-19(8-9-21-15)16(17-2)18-11-13-6-5-7-14(10-13)20-3;/h5-7,10,15H,4,8-9,11-12H2,1-3H3,(H,17,18);1H. The van der Waals surface area contributed by atoms with Crippen LogP contribution in [0, 0.1) is 0 Å². The molecule has 0 spiro atoms. The SMILES string of the molecule is CCC1CN(C(=NC)NCc2cccc(OC)c2)CCS1.I. The number of nitrogens with zero attached hydrogens (tertiary/aromatic N) is 2. The molecule has 2 rings (SSSR count). The summed E-state index contributed by atoms with van der Waals surface area (Å²) in [6.45, 7) is 5.18. The molecule has 1 aliphatic heterocycles. The number of methoxy groups -OCH3 is 1. The van der Waals surface area contributed by atoms with Gasteiger partial charge in [0, 0.05) is 37.7 Å². The van der Waals surface area contributed by atoms with Gasteiger partial charge >= 0.3 is 0 Å². The molecule has 4 nitrogen and oxygen atoms in total. The van der Waals surface area contributed by atoms with Gasteiger partial charge in [0.05, 0.1) is 7.11 Å². The second-order valence-corrected chi connectivity index (χ2v) is 6.51. The quantitative estimate of drug-likeness (QED) is 0.448. The van der Waals surface area contributed by atoms with Gasteiger partial charge in [-0.1, -0.05) is 19.1 Å². The average molecular weight is 435 g/mol. The lowest BCUT2D eigenvalue weighted by molar-refractivity contribution is 0.407. The van der Waals surface area contributed by atoms with Crippen molar-refractivity contribution in [1.82, 2.24) is 10.2 Å². The van der Waals surface area contributed by atoms with E-state index in [4.69, 9.17) is 4.74 Å². The molecule has 1 atom stereocenters. The second-order valence-electron chi connectivity index (χ2n) is 5.10. The van der Waals surface area contributed by atoms with Gasteiger partial charge in [0.15, 0.2) is 5.96 Å². The van der Waals surface area contributed by atoms with E-state index in [1.54, 1.807) is 7.11 Å². The van der Waals surface area contributed by atoms with Crippen LogP contribution in [0.15, 0.2) is 29.3 Å². The predicted octanol–water partition coefficient (Wildman–Crippen LogP) is 3.22. The first kappa shape index (κ1) is 19.4. The van der Waals surface area contributed by atoms with Gasteiger partial charge in [-0.25, -0.2) is 0 Å². The van der Waals surface area contributed by atoms with Gasteiger partial charge in [-0.3, -0.25) is 4.99 Å². The van der Waals surface area contributed by atoms with Crippen molar-refractivity contribution in [1.29, 1.82) is 0 Å². The molecule has 1 heterocycles. The van der Waals surface area contributed by atoms with Gasteiger partial charge in [-0.05, 0) is 24.1 Å². The van der Waals surface area contributed by atoms with Gasteiger partial charge in [0.25, 0.3) is 0 Å². The number of aliphatic imine (C=N–C) groups is 1. The van der Waals surface area contributed by atoms with E-state index in [0.717, 1.165) is 31.3 Å². The number of thioether (sulfide) groups is 1. The number of benzene rings is 1. The Hall–Kier alpha value is -0.630. The summed E-state index contributed by atoms with van der Waals surface area (Å²) in [6, 6.07) is 8.14. The first-order valence-corrected chi connectivity index (χ1v) is 8.51. The van der Waals surface area contributed by atoms with E-state index < -0.39 is 0 Å². The third-order valence-electron chi connectivity index (χ3n) is 3.69. The lowest BCUT2D eigenvalue weighted by Gasteiger charge is -2.34. The van der Waals surface area contributed by atoms with Crippen LogP contribution in [0.5, 0.6) is 5.75 Å². The first-order valence-electron chi connectivity index (χ1n) is 7.47. The molecule has 1 aromatic rings. The minimum Gasteiger partial charge on any atom is -0.497 e. The fourth-order valence-electron chi connectivity index (χ4n) is 2.45. The monoisotopic (exact) mass is 435 g/mol. The van der Waals surface area contributed by atoms with Crippen molar-refractivity contribution in [2.45, 2.75) is 25.1 Å². The minimum atomic E-state index is 0. The molecule has 1 aliphatic rings. The van der Waals surface area contributed by atoms with Gasteiger partial charge < -0.3 is 15.0 Å². The van der Waals surface area contributed by atoms with Crippen molar-refractivity contribution in [3.05, 3.63) is 29.8 Å². The summed E-state index contributed by atoms with van der Waals surface area (Å²) in [5.74, 6) is 3.07. The highest BCUT2D eigenvalue weighted by Crippen LogP contribution is 2.21. The highest BCUT2D eigenvalue weighted by molar-refractivity contribution is 14.0. The zero-order valence-electron chi connectivity index (χ0n) is 13.5. The lowest BCUT2D eigenvalue weighted by atomic mass is 10.2. The van der Waals surface area contributed by atoms with Crippen LogP contribution in [0.1, 0.15) is 18.9 Å². The molecule has 0 aromatic heterocycles. The van der Waals surface area contributed by atoms with Crippen LogP contribution in [0.2, 0.25) is 0 Å². The largest absolute Gasteiger partial charge is 0.497 e. The number of hydrogen-bond donors (Lipinski definition) is 1. The summed E-state index contributed by atoms with van der Waals surface area (Å²) < 4.78 is 5.26. The molecule has 0 amide bonds. The van der Waals surface area contributed by atoms with E-state index in [1.165, 1.54) is 17.7 Å². The molecule has 1 aromatic carbocycles. The molecule has 1 fully saturated rings. The van der Waals surface area contributed by atoms with Crippen LogP contribution < -0.4 is 10.1 Å².